The smallest absolute Gasteiger partial charge is 0.337 e. The predicted molar refractivity (Wildman–Crippen MR) is 95.0 cm³/mol. The van der Waals surface area contributed by atoms with Crippen LogP contribution in [0.25, 0.3) is 5.69 Å². The molecule has 0 bridgehead atoms. The first kappa shape index (κ1) is 17.6. The van der Waals surface area contributed by atoms with Crippen molar-refractivity contribution in [3.05, 3.63) is 65.5 Å². The fourth-order valence-electron chi connectivity index (χ4n) is 2.39. The molecule has 0 saturated carbocycles. The molecule has 1 heterocycles. The normalized spacial score (nSPS) is 11.3. The van der Waals surface area contributed by atoms with Gasteiger partial charge in [0.05, 0.1) is 34.2 Å². The summed E-state index contributed by atoms with van der Waals surface area (Å²) >= 11 is 0. The summed E-state index contributed by atoms with van der Waals surface area (Å²) in [5.41, 5.74) is 2.08. The van der Waals surface area contributed by atoms with Gasteiger partial charge in [-0.15, -0.1) is 0 Å². The van der Waals surface area contributed by atoms with Gasteiger partial charge in [-0.3, -0.25) is 4.72 Å². The van der Waals surface area contributed by atoms with Crippen molar-refractivity contribution in [1.29, 1.82) is 0 Å². The van der Waals surface area contributed by atoms with Crippen LogP contribution in [0.5, 0.6) is 0 Å². The third-order valence-electron chi connectivity index (χ3n) is 3.91. The molecule has 26 heavy (non-hydrogen) atoms. The largest absolute Gasteiger partial charge is 0.478 e. The first-order chi connectivity index (χ1) is 12.3. The summed E-state index contributed by atoms with van der Waals surface area (Å²) in [6.07, 6.45) is 3.03. The minimum Gasteiger partial charge on any atom is -0.478 e. The molecule has 0 spiro atoms. The summed E-state index contributed by atoms with van der Waals surface area (Å²) in [4.78, 5) is 12.8. The molecule has 0 atom stereocenters. The standard InChI is InChI=1S/C17H16N4O4S/c1-11-9-15(17(22)23)16(10-12(11)2)20-26(24,25)14-5-3-13(4-6-14)21-18-7-8-19-21/h3-10,20H,1-2H3,(H,22,23). The SMILES string of the molecule is Cc1cc(NS(=O)(=O)c2ccc(-n3nccn3)cc2)c(C(=O)O)cc1C. The van der Waals surface area contributed by atoms with E-state index in [-0.39, 0.29) is 16.1 Å². The van der Waals surface area contributed by atoms with Crippen LogP contribution in [0, 0.1) is 13.8 Å². The van der Waals surface area contributed by atoms with Crippen LogP contribution in [0.4, 0.5) is 5.69 Å². The molecule has 0 radical (unpaired) electrons. The van der Waals surface area contributed by atoms with Crippen molar-refractivity contribution in [3.63, 3.8) is 0 Å². The van der Waals surface area contributed by atoms with Crippen molar-refractivity contribution in [3.8, 4) is 5.69 Å². The molecule has 134 valence electrons. The first-order valence-corrected chi connectivity index (χ1v) is 9.10. The fraction of sp³-hybridized carbons (Fsp3) is 0.118. The Hall–Kier alpha value is -3.20. The van der Waals surface area contributed by atoms with E-state index in [4.69, 9.17) is 0 Å². The van der Waals surface area contributed by atoms with Gasteiger partial charge in [-0.2, -0.15) is 15.0 Å². The molecule has 0 amide bonds. The van der Waals surface area contributed by atoms with E-state index in [9.17, 15) is 18.3 Å². The van der Waals surface area contributed by atoms with E-state index in [1.807, 2.05) is 0 Å². The van der Waals surface area contributed by atoms with Gasteiger partial charge in [0.1, 0.15) is 0 Å². The zero-order valence-corrected chi connectivity index (χ0v) is 14.9. The number of benzene rings is 2. The van der Waals surface area contributed by atoms with E-state index in [2.05, 4.69) is 14.9 Å². The van der Waals surface area contributed by atoms with Crippen molar-refractivity contribution >= 4 is 21.7 Å². The quantitative estimate of drug-likeness (QED) is 0.711. The van der Waals surface area contributed by atoms with Gasteiger partial charge in [0.2, 0.25) is 0 Å². The van der Waals surface area contributed by atoms with Crippen molar-refractivity contribution < 1.29 is 18.3 Å². The lowest BCUT2D eigenvalue weighted by atomic mass is 10.0. The molecule has 0 aliphatic carbocycles. The van der Waals surface area contributed by atoms with Crippen LogP contribution in [0.3, 0.4) is 0 Å². The molecule has 9 heteroatoms. The highest BCUT2D eigenvalue weighted by Crippen LogP contribution is 2.24. The van der Waals surface area contributed by atoms with E-state index in [1.165, 1.54) is 41.5 Å². The molecular weight excluding hydrogens is 356 g/mol. The second-order valence-corrected chi connectivity index (χ2v) is 7.39. The Morgan fingerprint density at radius 2 is 1.62 bits per heavy atom. The number of nitrogens with one attached hydrogen (secondary N) is 1. The number of carboxylic acids is 1. The van der Waals surface area contributed by atoms with Crippen LogP contribution >= 0.6 is 0 Å². The highest BCUT2D eigenvalue weighted by atomic mass is 32.2. The number of rotatable bonds is 5. The summed E-state index contributed by atoms with van der Waals surface area (Å²) in [6.45, 7) is 3.55. The molecule has 0 unspecified atom stereocenters. The Bertz CT molecular complexity index is 1060. The third kappa shape index (κ3) is 3.42. The van der Waals surface area contributed by atoms with Gasteiger partial charge in [0.15, 0.2) is 0 Å². The zero-order valence-electron chi connectivity index (χ0n) is 14.0. The van der Waals surface area contributed by atoms with Crippen LogP contribution in [0.1, 0.15) is 21.5 Å². The van der Waals surface area contributed by atoms with Gasteiger partial charge in [-0.05, 0) is 61.4 Å². The molecule has 3 aromatic rings. The number of anilines is 1. The second-order valence-electron chi connectivity index (χ2n) is 5.71. The van der Waals surface area contributed by atoms with Crippen LogP contribution < -0.4 is 4.72 Å². The Kier molecular flexibility index (Phi) is 4.47. The highest BCUT2D eigenvalue weighted by molar-refractivity contribution is 7.92. The molecule has 0 aliphatic heterocycles. The predicted octanol–water partition coefficient (Wildman–Crippen LogP) is 2.38. The molecule has 3 rings (SSSR count). The minimum atomic E-state index is -3.95. The number of carbonyl (C=O) groups is 1. The second kappa shape index (κ2) is 6.60. The van der Waals surface area contributed by atoms with Gasteiger partial charge in [-0.1, -0.05) is 0 Å². The van der Waals surface area contributed by atoms with E-state index < -0.39 is 16.0 Å². The van der Waals surface area contributed by atoms with Crippen LogP contribution in [0.2, 0.25) is 0 Å². The van der Waals surface area contributed by atoms with Gasteiger partial charge < -0.3 is 5.11 Å². The maximum Gasteiger partial charge on any atom is 0.337 e. The lowest BCUT2D eigenvalue weighted by molar-refractivity contribution is 0.0698. The monoisotopic (exact) mass is 372 g/mol. The van der Waals surface area contributed by atoms with Gasteiger partial charge in [0.25, 0.3) is 10.0 Å². The number of hydrogen-bond donors (Lipinski definition) is 2. The number of carboxylic acid groups (broad SMARTS) is 1. The van der Waals surface area contributed by atoms with Crippen molar-refractivity contribution in [2.45, 2.75) is 18.7 Å². The molecular formula is C17H16N4O4S. The summed E-state index contributed by atoms with van der Waals surface area (Å²) < 4.78 is 27.6. The van der Waals surface area contributed by atoms with Crippen LogP contribution in [0.15, 0.2) is 53.7 Å². The van der Waals surface area contributed by atoms with E-state index in [1.54, 1.807) is 26.0 Å². The summed E-state index contributed by atoms with van der Waals surface area (Å²) in [6, 6.07) is 8.89. The van der Waals surface area contributed by atoms with E-state index >= 15 is 0 Å². The number of hydrogen-bond acceptors (Lipinski definition) is 5. The van der Waals surface area contributed by atoms with Gasteiger partial charge >= 0.3 is 5.97 Å². The Morgan fingerprint density at radius 3 is 2.19 bits per heavy atom. The number of aryl methyl sites for hydroxylation is 2. The van der Waals surface area contributed by atoms with Crippen LogP contribution in [-0.4, -0.2) is 34.5 Å². The van der Waals surface area contributed by atoms with Crippen molar-refractivity contribution in [2.75, 3.05) is 4.72 Å². The summed E-state index contributed by atoms with van der Waals surface area (Å²) in [7, 11) is -3.95. The lowest BCUT2D eigenvalue weighted by Gasteiger charge is -2.13. The average Bonchev–Trinajstić information content (AvgIpc) is 3.12. The topological polar surface area (TPSA) is 114 Å². The molecule has 0 aliphatic rings. The molecule has 2 aromatic carbocycles. The highest BCUT2D eigenvalue weighted by Gasteiger charge is 2.19. The Balaban J connectivity index is 1.95. The molecule has 0 saturated heterocycles. The molecule has 2 N–H and O–H groups in total. The molecule has 1 aromatic heterocycles. The third-order valence-corrected chi connectivity index (χ3v) is 5.29. The number of sulfonamides is 1. The maximum absolute atomic E-state index is 12.6. The molecule has 0 fully saturated rings. The Morgan fingerprint density at radius 1 is 1.04 bits per heavy atom. The molecule has 8 nitrogen and oxygen atoms in total. The summed E-state index contributed by atoms with van der Waals surface area (Å²) in [5, 5.41) is 17.3. The lowest BCUT2D eigenvalue weighted by Crippen LogP contribution is -2.16. The van der Waals surface area contributed by atoms with Gasteiger partial charge in [0, 0.05) is 0 Å². The minimum absolute atomic E-state index is 0.00275. The zero-order chi connectivity index (χ0) is 18.9. The Labute approximate surface area is 150 Å². The average molecular weight is 372 g/mol. The van der Waals surface area contributed by atoms with Crippen LogP contribution in [-0.2, 0) is 10.0 Å². The van der Waals surface area contributed by atoms with E-state index in [0.717, 1.165) is 11.1 Å². The first-order valence-electron chi connectivity index (χ1n) is 7.62. The van der Waals surface area contributed by atoms with Gasteiger partial charge in [-0.25, -0.2) is 13.2 Å². The number of aromatic carboxylic acids is 1. The van der Waals surface area contributed by atoms with E-state index in [0.29, 0.717) is 5.69 Å². The van der Waals surface area contributed by atoms with Crippen molar-refractivity contribution in [2.24, 2.45) is 0 Å². The number of nitrogens with zero attached hydrogens (tertiary/aromatic N) is 3. The maximum atomic E-state index is 12.6. The summed E-state index contributed by atoms with van der Waals surface area (Å²) in [5.74, 6) is -1.20. The number of aromatic nitrogens is 3. The van der Waals surface area contributed by atoms with Crippen molar-refractivity contribution in [1.82, 2.24) is 15.0 Å². The fourth-order valence-corrected chi connectivity index (χ4v) is 3.46.